The number of nitrogens with zero attached hydrogens (tertiary/aromatic N) is 2. The molecule has 4 nitrogen and oxygen atoms in total. The molecule has 0 aliphatic rings. The second-order valence-corrected chi connectivity index (χ2v) is 4.14. The molecule has 0 radical (unpaired) electrons. The zero-order valence-corrected chi connectivity index (χ0v) is 10.8. The van der Waals surface area contributed by atoms with Gasteiger partial charge in [0, 0.05) is 7.05 Å². The number of anilines is 3. The van der Waals surface area contributed by atoms with E-state index in [9.17, 15) is 0 Å². The molecule has 0 fully saturated rings. The van der Waals surface area contributed by atoms with Crippen molar-refractivity contribution in [2.45, 2.75) is 6.92 Å². The number of ether oxygens (including phenoxy) is 1. The number of rotatable bonds is 3. The highest BCUT2D eigenvalue weighted by atomic mass is 16.5. The zero-order valence-electron chi connectivity index (χ0n) is 10.8. The molecule has 0 unspecified atom stereocenters. The SMILES string of the molecule is COc1ccccc1N(C)c1ncc(N)cc1C. The number of aryl methyl sites for hydroxylation is 1. The van der Waals surface area contributed by atoms with Crippen molar-refractivity contribution in [2.75, 3.05) is 24.8 Å². The van der Waals surface area contributed by atoms with Crippen LogP contribution in [0.5, 0.6) is 5.75 Å². The average Bonchev–Trinajstić information content (AvgIpc) is 2.38. The molecule has 0 bridgehead atoms. The second-order valence-electron chi connectivity index (χ2n) is 4.14. The summed E-state index contributed by atoms with van der Waals surface area (Å²) in [7, 11) is 3.62. The van der Waals surface area contributed by atoms with Crippen LogP contribution in [0.3, 0.4) is 0 Å². The molecule has 0 amide bonds. The van der Waals surface area contributed by atoms with Crippen molar-refractivity contribution in [1.82, 2.24) is 4.98 Å². The van der Waals surface area contributed by atoms with Gasteiger partial charge in [-0.2, -0.15) is 0 Å². The Balaban J connectivity index is 2.44. The van der Waals surface area contributed by atoms with Crippen LogP contribution in [0.15, 0.2) is 36.5 Å². The van der Waals surface area contributed by atoms with Crippen LogP contribution >= 0.6 is 0 Å². The lowest BCUT2D eigenvalue weighted by Gasteiger charge is -2.22. The third-order valence-electron chi connectivity index (χ3n) is 2.84. The first kappa shape index (κ1) is 12.2. The van der Waals surface area contributed by atoms with Crippen molar-refractivity contribution in [3.63, 3.8) is 0 Å². The Morgan fingerprint density at radius 2 is 2.00 bits per heavy atom. The minimum absolute atomic E-state index is 0.671. The molecular weight excluding hydrogens is 226 g/mol. The number of nitrogen functional groups attached to an aromatic ring is 1. The molecule has 94 valence electrons. The summed E-state index contributed by atoms with van der Waals surface area (Å²) < 4.78 is 5.36. The zero-order chi connectivity index (χ0) is 13.1. The number of hydrogen-bond donors (Lipinski definition) is 1. The summed E-state index contributed by atoms with van der Waals surface area (Å²) in [6, 6.07) is 9.75. The first-order chi connectivity index (χ1) is 8.63. The summed E-state index contributed by atoms with van der Waals surface area (Å²) in [5, 5.41) is 0. The number of nitrogens with two attached hydrogens (primary N) is 1. The van der Waals surface area contributed by atoms with E-state index in [1.165, 1.54) is 0 Å². The highest BCUT2D eigenvalue weighted by Crippen LogP contribution is 2.32. The van der Waals surface area contributed by atoms with Crippen LogP contribution in [0.2, 0.25) is 0 Å². The molecule has 0 saturated carbocycles. The van der Waals surface area contributed by atoms with Crippen molar-refractivity contribution in [2.24, 2.45) is 0 Å². The van der Waals surface area contributed by atoms with Crippen LogP contribution in [0, 0.1) is 6.92 Å². The molecule has 2 rings (SSSR count). The Labute approximate surface area is 107 Å². The number of pyridine rings is 1. The maximum absolute atomic E-state index is 5.72. The second kappa shape index (κ2) is 4.96. The van der Waals surface area contributed by atoms with Gasteiger partial charge in [0.25, 0.3) is 0 Å². The van der Waals surface area contributed by atoms with Crippen molar-refractivity contribution in [1.29, 1.82) is 0 Å². The molecule has 0 aliphatic carbocycles. The molecule has 1 aromatic heterocycles. The third kappa shape index (κ3) is 2.22. The number of hydrogen-bond acceptors (Lipinski definition) is 4. The molecule has 2 N–H and O–H groups in total. The lowest BCUT2D eigenvalue weighted by Crippen LogP contribution is -2.13. The van der Waals surface area contributed by atoms with Gasteiger partial charge < -0.3 is 15.4 Å². The molecule has 18 heavy (non-hydrogen) atoms. The number of aromatic nitrogens is 1. The topological polar surface area (TPSA) is 51.4 Å². The lowest BCUT2D eigenvalue weighted by atomic mass is 10.2. The summed E-state index contributed by atoms with van der Waals surface area (Å²) in [6.45, 7) is 1.99. The molecule has 1 aromatic carbocycles. The van der Waals surface area contributed by atoms with E-state index in [2.05, 4.69) is 4.98 Å². The maximum Gasteiger partial charge on any atom is 0.142 e. The Kier molecular flexibility index (Phi) is 3.37. The summed E-state index contributed by atoms with van der Waals surface area (Å²) in [5.41, 5.74) is 8.39. The number of para-hydroxylation sites is 2. The van der Waals surface area contributed by atoms with Crippen LogP contribution in [0.25, 0.3) is 0 Å². The fourth-order valence-electron chi connectivity index (χ4n) is 1.96. The Morgan fingerprint density at radius 3 is 2.67 bits per heavy atom. The molecule has 1 heterocycles. The van der Waals surface area contributed by atoms with Gasteiger partial charge in [0.15, 0.2) is 0 Å². The van der Waals surface area contributed by atoms with Crippen LogP contribution in [-0.4, -0.2) is 19.1 Å². The Hall–Kier alpha value is -2.23. The Morgan fingerprint density at radius 1 is 1.28 bits per heavy atom. The number of methoxy groups -OCH3 is 1. The predicted molar refractivity (Wildman–Crippen MR) is 74.4 cm³/mol. The van der Waals surface area contributed by atoms with Gasteiger partial charge in [0.1, 0.15) is 11.6 Å². The van der Waals surface area contributed by atoms with Gasteiger partial charge in [-0.1, -0.05) is 12.1 Å². The highest BCUT2D eigenvalue weighted by Gasteiger charge is 2.12. The van der Waals surface area contributed by atoms with E-state index in [1.54, 1.807) is 13.3 Å². The average molecular weight is 243 g/mol. The summed E-state index contributed by atoms with van der Waals surface area (Å²) in [5.74, 6) is 1.69. The van der Waals surface area contributed by atoms with Crippen molar-refractivity contribution < 1.29 is 4.74 Å². The van der Waals surface area contributed by atoms with Gasteiger partial charge >= 0.3 is 0 Å². The molecule has 0 atom stereocenters. The van der Waals surface area contributed by atoms with Gasteiger partial charge in [-0.05, 0) is 30.7 Å². The van der Waals surface area contributed by atoms with E-state index in [4.69, 9.17) is 10.5 Å². The maximum atomic E-state index is 5.72. The van der Waals surface area contributed by atoms with E-state index in [1.807, 2.05) is 49.2 Å². The van der Waals surface area contributed by atoms with Crippen LogP contribution in [0.4, 0.5) is 17.2 Å². The highest BCUT2D eigenvalue weighted by molar-refractivity contribution is 5.69. The first-order valence-electron chi connectivity index (χ1n) is 5.72. The van der Waals surface area contributed by atoms with Gasteiger partial charge in [-0.25, -0.2) is 4.98 Å². The standard InChI is InChI=1S/C14H17N3O/c1-10-8-11(15)9-16-14(10)17(2)12-6-4-5-7-13(12)18-3/h4-9H,15H2,1-3H3. The molecule has 4 heteroatoms. The van der Waals surface area contributed by atoms with Crippen LogP contribution in [-0.2, 0) is 0 Å². The smallest absolute Gasteiger partial charge is 0.142 e. The normalized spacial score (nSPS) is 10.2. The summed E-state index contributed by atoms with van der Waals surface area (Å²) in [4.78, 5) is 6.37. The Bertz CT molecular complexity index is 554. The van der Waals surface area contributed by atoms with Gasteiger partial charge in [-0.15, -0.1) is 0 Å². The van der Waals surface area contributed by atoms with E-state index < -0.39 is 0 Å². The minimum atomic E-state index is 0.671. The molecule has 0 aliphatic heterocycles. The first-order valence-corrected chi connectivity index (χ1v) is 5.72. The number of benzene rings is 1. The molecule has 2 aromatic rings. The van der Waals surface area contributed by atoms with Gasteiger partial charge in [0.05, 0.1) is 24.7 Å². The van der Waals surface area contributed by atoms with Crippen LogP contribution < -0.4 is 15.4 Å². The fraction of sp³-hybridized carbons (Fsp3) is 0.214. The third-order valence-corrected chi connectivity index (χ3v) is 2.84. The van der Waals surface area contributed by atoms with Gasteiger partial charge in [-0.3, -0.25) is 0 Å². The van der Waals surface area contributed by atoms with Gasteiger partial charge in [0.2, 0.25) is 0 Å². The van der Waals surface area contributed by atoms with Crippen molar-refractivity contribution in [3.05, 3.63) is 42.1 Å². The summed E-state index contributed by atoms with van der Waals surface area (Å²) >= 11 is 0. The van der Waals surface area contributed by atoms with E-state index in [-0.39, 0.29) is 0 Å². The van der Waals surface area contributed by atoms with E-state index in [0.717, 1.165) is 22.8 Å². The molecule has 0 saturated heterocycles. The van der Waals surface area contributed by atoms with Crippen molar-refractivity contribution >= 4 is 17.2 Å². The van der Waals surface area contributed by atoms with Crippen LogP contribution in [0.1, 0.15) is 5.56 Å². The monoisotopic (exact) mass is 243 g/mol. The predicted octanol–water partition coefficient (Wildman–Crippen LogP) is 2.75. The fourth-order valence-corrected chi connectivity index (χ4v) is 1.96. The lowest BCUT2D eigenvalue weighted by molar-refractivity contribution is 0.415. The largest absolute Gasteiger partial charge is 0.495 e. The van der Waals surface area contributed by atoms with Crippen molar-refractivity contribution in [3.8, 4) is 5.75 Å². The summed E-state index contributed by atoms with van der Waals surface area (Å²) in [6.07, 6.45) is 1.66. The minimum Gasteiger partial charge on any atom is -0.495 e. The molecule has 0 spiro atoms. The molecular formula is C14H17N3O. The van der Waals surface area contributed by atoms with E-state index >= 15 is 0 Å². The van der Waals surface area contributed by atoms with E-state index in [0.29, 0.717) is 5.69 Å². The quantitative estimate of drug-likeness (QED) is 0.900.